The number of carbonyl (C=O) groups is 2. The average molecular weight is 376 g/mol. The van der Waals surface area contributed by atoms with E-state index in [1.165, 1.54) is 17.0 Å². The van der Waals surface area contributed by atoms with E-state index in [0.717, 1.165) is 18.9 Å². The lowest BCUT2D eigenvalue weighted by Crippen LogP contribution is -2.34. The van der Waals surface area contributed by atoms with Crippen LogP contribution in [0.25, 0.3) is 0 Å². The Morgan fingerprint density at radius 2 is 2.00 bits per heavy atom. The summed E-state index contributed by atoms with van der Waals surface area (Å²) in [7, 11) is -2.28. The molecule has 0 aliphatic heterocycles. The highest BCUT2D eigenvalue weighted by Gasteiger charge is 2.32. The average Bonchev–Trinajstić information content (AvgIpc) is 3.21. The Kier molecular flexibility index (Phi) is 4.38. The van der Waals surface area contributed by atoms with Gasteiger partial charge in [-0.3, -0.25) is 4.79 Å². The van der Waals surface area contributed by atoms with Crippen LogP contribution in [0.4, 0.5) is 0 Å². The Morgan fingerprint density at radius 3 is 2.52 bits per heavy atom. The standard InChI is InChI=1S/C13H14BrNO5S/c1-15(8-2-3-8)12(16)7-21(19,20)9-4-5-11(14)10(6-9)13(17)18/h4-6,8H,2-3,7H2,1H3,(H,17,18). The van der Waals surface area contributed by atoms with E-state index < -0.39 is 27.5 Å². The van der Waals surface area contributed by atoms with Crippen LogP contribution in [0.2, 0.25) is 0 Å². The minimum atomic E-state index is -3.86. The fourth-order valence-corrected chi connectivity index (χ4v) is 3.56. The first kappa shape index (κ1) is 16.0. The molecule has 21 heavy (non-hydrogen) atoms. The van der Waals surface area contributed by atoms with Crippen molar-refractivity contribution in [1.29, 1.82) is 0 Å². The van der Waals surface area contributed by atoms with E-state index in [2.05, 4.69) is 15.9 Å². The third-order valence-electron chi connectivity index (χ3n) is 3.33. The number of benzene rings is 1. The van der Waals surface area contributed by atoms with Gasteiger partial charge >= 0.3 is 5.97 Å². The highest BCUT2D eigenvalue weighted by Crippen LogP contribution is 2.26. The minimum absolute atomic E-state index is 0.132. The maximum atomic E-state index is 12.2. The molecule has 0 atom stereocenters. The number of halogens is 1. The molecule has 8 heteroatoms. The first-order valence-corrected chi connectivity index (χ1v) is 8.68. The van der Waals surface area contributed by atoms with Crippen molar-refractivity contribution in [3.8, 4) is 0 Å². The lowest BCUT2D eigenvalue weighted by Gasteiger charge is -2.16. The van der Waals surface area contributed by atoms with Crippen molar-refractivity contribution in [3.05, 3.63) is 28.2 Å². The van der Waals surface area contributed by atoms with Crippen molar-refractivity contribution in [2.75, 3.05) is 12.8 Å². The summed E-state index contributed by atoms with van der Waals surface area (Å²) in [6.45, 7) is 0. The fourth-order valence-electron chi connectivity index (χ4n) is 1.87. The summed E-state index contributed by atoms with van der Waals surface area (Å²) in [5.41, 5.74) is -0.154. The van der Waals surface area contributed by atoms with Gasteiger partial charge < -0.3 is 10.0 Å². The number of sulfone groups is 1. The van der Waals surface area contributed by atoms with Gasteiger partial charge in [0.25, 0.3) is 0 Å². The van der Waals surface area contributed by atoms with E-state index >= 15 is 0 Å². The number of hydrogen-bond donors (Lipinski definition) is 1. The molecule has 1 aliphatic rings. The first-order valence-electron chi connectivity index (χ1n) is 6.23. The summed E-state index contributed by atoms with van der Waals surface area (Å²) < 4.78 is 24.7. The molecule has 0 radical (unpaired) electrons. The third kappa shape index (κ3) is 3.62. The van der Waals surface area contributed by atoms with Gasteiger partial charge in [-0.25, -0.2) is 13.2 Å². The van der Waals surface area contributed by atoms with E-state index in [0.29, 0.717) is 0 Å². The number of hydrogen-bond acceptors (Lipinski definition) is 4. The highest BCUT2D eigenvalue weighted by molar-refractivity contribution is 9.10. The number of nitrogens with zero attached hydrogens (tertiary/aromatic N) is 1. The summed E-state index contributed by atoms with van der Waals surface area (Å²) in [6.07, 6.45) is 1.79. The van der Waals surface area contributed by atoms with Gasteiger partial charge in [0.15, 0.2) is 9.84 Å². The molecule has 6 nitrogen and oxygen atoms in total. The van der Waals surface area contributed by atoms with Crippen LogP contribution in [0, 0.1) is 0 Å². The number of amides is 1. The Hall–Kier alpha value is -1.41. The van der Waals surface area contributed by atoms with E-state index in [4.69, 9.17) is 5.11 Å². The number of carboxylic acid groups (broad SMARTS) is 1. The number of aromatic carboxylic acids is 1. The Balaban J connectivity index is 2.25. The molecular formula is C13H14BrNO5S. The molecular weight excluding hydrogens is 362 g/mol. The minimum Gasteiger partial charge on any atom is -0.478 e. The summed E-state index contributed by atoms with van der Waals surface area (Å²) in [5.74, 6) is -2.36. The van der Waals surface area contributed by atoms with Gasteiger partial charge in [-0.05, 0) is 47.0 Å². The van der Waals surface area contributed by atoms with Crippen LogP contribution in [-0.4, -0.2) is 49.1 Å². The number of carboxylic acids is 1. The van der Waals surface area contributed by atoms with Crippen molar-refractivity contribution >= 4 is 37.6 Å². The van der Waals surface area contributed by atoms with Crippen molar-refractivity contribution in [2.24, 2.45) is 0 Å². The van der Waals surface area contributed by atoms with Crippen LogP contribution in [0.5, 0.6) is 0 Å². The molecule has 1 fully saturated rings. The van der Waals surface area contributed by atoms with Gasteiger partial charge in [-0.2, -0.15) is 0 Å². The molecule has 1 aromatic carbocycles. The zero-order valence-corrected chi connectivity index (χ0v) is 13.6. The van der Waals surface area contributed by atoms with Crippen LogP contribution in [0.3, 0.4) is 0 Å². The quantitative estimate of drug-likeness (QED) is 0.842. The molecule has 0 bridgehead atoms. The summed E-state index contributed by atoms with van der Waals surface area (Å²) >= 11 is 3.05. The zero-order valence-electron chi connectivity index (χ0n) is 11.2. The van der Waals surface area contributed by atoms with Gasteiger partial charge in [0, 0.05) is 17.6 Å². The van der Waals surface area contributed by atoms with Crippen molar-refractivity contribution in [2.45, 2.75) is 23.8 Å². The van der Waals surface area contributed by atoms with E-state index in [-0.39, 0.29) is 21.0 Å². The van der Waals surface area contributed by atoms with Crippen LogP contribution >= 0.6 is 15.9 Å². The molecule has 114 valence electrons. The molecule has 0 heterocycles. The molecule has 0 unspecified atom stereocenters. The number of rotatable bonds is 5. The lowest BCUT2D eigenvalue weighted by atomic mass is 10.2. The van der Waals surface area contributed by atoms with Gasteiger partial charge in [0.2, 0.25) is 5.91 Å². The summed E-state index contributed by atoms with van der Waals surface area (Å²) in [4.78, 5) is 24.2. The predicted molar refractivity (Wildman–Crippen MR) is 78.9 cm³/mol. The van der Waals surface area contributed by atoms with Crippen LogP contribution in [0.1, 0.15) is 23.2 Å². The summed E-state index contributed by atoms with van der Waals surface area (Å²) in [5, 5.41) is 9.01. The van der Waals surface area contributed by atoms with Gasteiger partial charge in [-0.1, -0.05) is 0 Å². The van der Waals surface area contributed by atoms with Crippen molar-refractivity contribution < 1.29 is 23.1 Å². The molecule has 0 aromatic heterocycles. The Morgan fingerprint density at radius 1 is 1.38 bits per heavy atom. The second kappa shape index (κ2) is 5.76. The predicted octanol–water partition coefficient (Wildman–Crippen LogP) is 1.54. The molecule has 0 spiro atoms. The monoisotopic (exact) mass is 375 g/mol. The normalized spacial score (nSPS) is 14.8. The van der Waals surface area contributed by atoms with Crippen LogP contribution in [0.15, 0.2) is 27.6 Å². The molecule has 1 aromatic rings. The van der Waals surface area contributed by atoms with Crippen molar-refractivity contribution in [1.82, 2.24) is 4.90 Å². The molecule has 0 saturated heterocycles. The molecule has 2 rings (SSSR count). The first-order chi connectivity index (χ1) is 9.72. The molecule has 1 N–H and O–H groups in total. The maximum absolute atomic E-state index is 12.2. The lowest BCUT2D eigenvalue weighted by molar-refractivity contribution is -0.127. The van der Waals surface area contributed by atoms with Crippen LogP contribution in [-0.2, 0) is 14.6 Å². The van der Waals surface area contributed by atoms with Crippen molar-refractivity contribution in [3.63, 3.8) is 0 Å². The van der Waals surface area contributed by atoms with Crippen LogP contribution < -0.4 is 0 Å². The second-order valence-corrected chi connectivity index (χ2v) is 7.79. The Bertz CT molecular complexity index is 697. The SMILES string of the molecule is CN(C(=O)CS(=O)(=O)c1ccc(Br)c(C(=O)O)c1)C1CC1. The Labute approximate surface area is 130 Å². The van der Waals surface area contributed by atoms with Gasteiger partial charge in [0.1, 0.15) is 5.75 Å². The summed E-state index contributed by atoms with van der Waals surface area (Å²) in [6, 6.07) is 3.83. The largest absolute Gasteiger partial charge is 0.478 e. The third-order valence-corrected chi connectivity index (χ3v) is 5.62. The highest BCUT2D eigenvalue weighted by atomic mass is 79.9. The van der Waals surface area contributed by atoms with E-state index in [1.807, 2.05) is 0 Å². The fraction of sp³-hybridized carbons (Fsp3) is 0.385. The molecule has 1 amide bonds. The maximum Gasteiger partial charge on any atom is 0.336 e. The van der Waals surface area contributed by atoms with Gasteiger partial charge in [-0.15, -0.1) is 0 Å². The molecule has 1 saturated carbocycles. The van der Waals surface area contributed by atoms with E-state index in [9.17, 15) is 18.0 Å². The molecule has 1 aliphatic carbocycles. The zero-order chi connectivity index (χ0) is 15.8. The smallest absolute Gasteiger partial charge is 0.336 e. The number of carbonyl (C=O) groups excluding carboxylic acids is 1. The van der Waals surface area contributed by atoms with Gasteiger partial charge in [0.05, 0.1) is 10.5 Å². The topological polar surface area (TPSA) is 91.8 Å². The second-order valence-electron chi connectivity index (χ2n) is 4.94. The van der Waals surface area contributed by atoms with E-state index in [1.54, 1.807) is 7.05 Å².